The standard InChI is InChI=1S/C18H11BrFNO4/c1-25-18(24)15-14(16(22)9-2-4-10(19)5-3-9)17(23)12-8-11(20)6-7-13(12)21-15/h2-8H,1H3,(H,21,23). The number of carbonyl (C=O) groups is 2. The zero-order valence-electron chi connectivity index (χ0n) is 12.9. The number of hydrogen-bond donors (Lipinski definition) is 1. The number of ether oxygens (including phenoxy) is 1. The van der Waals surface area contributed by atoms with Gasteiger partial charge in [-0.3, -0.25) is 9.59 Å². The number of aromatic amines is 1. The first-order chi connectivity index (χ1) is 11.9. The van der Waals surface area contributed by atoms with Gasteiger partial charge in [-0.1, -0.05) is 15.9 Å². The average molecular weight is 404 g/mol. The molecular weight excluding hydrogens is 393 g/mol. The van der Waals surface area contributed by atoms with Gasteiger partial charge < -0.3 is 9.72 Å². The normalized spacial score (nSPS) is 10.7. The quantitative estimate of drug-likeness (QED) is 0.536. The van der Waals surface area contributed by atoms with Gasteiger partial charge in [-0.25, -0.2) is 9.18 Å². The van der Waals surface area contributed by atoms with Gasteiger partial charge in [0.15, 0.2) is 5.78 Å². The van der Waals surface area contributed by atoms with Crippen LogP contribution in [0.3, 0.4) is 0 Å². The highest BCUT2D eigenvalue weighted by atomic mass is 79.9. The monoisotopic (exact) mass is 403 g/mol. The summed E-state index contributed by atoms with van der Waals surface area (Å²) in [5.74, 6) is -2.13. The first-order valence-corrected chi connectivity index (χ1v) is 7.96. The topological polar surface area (TPSA) is 76.2 Å². The van der Waals surface area contributed by atoms with Crippen molar-refractivity contribution < 1.29 is 18.7 Å². The zero-order chi connectivity index (χ0) is 18.1. The van der Waals surface area contributed by atoms with Crippen LogP contribution in [-0.4, -0.2) is 23.8 Å². The maximum atomic E-state index is 13.5. The van der Waals surface area contributed by atoms with Gasteiger partial charge in [0, 0.05) is 15.4 Å². The van der Waals surface area contributed by atoms with E-state index in [9.17, 15) is 18.8 Å². The van der Waals surface area contributed by atoms with Crippen molar-refractivity contribution in [3.05, 3.63) is 79.8 Å². The van der Waals surface area contributed by atoms with E-state index in [2.05, 4.69) is 25.7 Å². The maximum Gasteiger partial charge on any atom is 0.355 e. The van der Waals surface area contributed by atoms with Crippen molar-refractivity contribution >= 4 is 38.6 Å². The number of halogens is 2. The Morgan fingerprint density at radius 1 is 1.12 bits per heavy atom. The minimum Gasteiger partial charge on any atom is -0.464 e. The molecule has 2 aromatic carbocycles. The Kier molecular flexibility index (Phi) is 4.50. The summed E-state index contributed by atoms with van der Waals surface area (Å²) >= 11 is 3.26. The van der Waals surface area contributed by atoms with Crippen LogP contribution in [0.25, 0.3) is 10.9 Å². The second-order valence-corrected chi connectivity index (χ2v) is 6.14. The number of pyridine rings is 1. The van der Waals surface area contributed by atoms with Crippen molar-refractivity contribution in [1.29, 1.82) is 0 Å². The van der Waals surface area contributed by atoms with Crippen molar-refractivity contribution in [2.45, 2.75) is 0 Å². The van der Waals surface area contributed by atoms with Crippen molar-refractivity contribution in [1.82, 2.24) is 4.98 Å². The molecule has 0 atom stereocenters. The average Bonchev–Trinajstić information content (AvgIpc) is 2.61. The van der Waals surface area contributed by atoms with E-state index >= 15 is 0 Å². The Morgan fingerprint density at radius 3 is 2.44 bits per heavy atom. The van der Waals surface area contributed by atoms with Crippen LogP contribution in [0.15, 0.2) is 51.7 Å². The number of H-pyrrole nitrogens is 1. The molecule has 25 heavy (non-hydrogen) atoms. The molecule has 126 valence electrons. The van der Waals surface area contributed by atoms with Crippen molar-refractivity contribution in [3.8, 4) is 0 Å². The fraction of sp³-hybridized carbons (Fsp3) is 0.0556. The molecule has 0 saturated heterocycles. The summed E-state index contributed by atoms with van der Waals surface area (Å²) in [6, 6.07) is 9.81. The molecule has 3 aromatic rings. The molecule has 0 saturated carbocycles. The van der Waals surface area contributed by atoms with Crippen LogP contribution in [0.2, 0.25) is 0 Å². The molecule has 0 amide bonds. The second kappa shape index (κ2) is 6.60. The molecule has 5 nitrogen and oxygen atoms in total. The van der Waals surface area contributed by atoms with E-state index in [-0.39, 0.29) is 27.7 Å². The number of ketones is 1. The van der Waals surface area contributed by atoms with E-state index in [4.69, 9.17) is 0 Å². The van der Waals surface area contributed by atoms with Gasteiger partial charge >= 0.3 is 5.97 Å². The minimum atomic E-state index is -0.858. The van der Waals surface area contributed by atoms with Crippen molar-refractivity contribution in [2.75, 3.05) is 7.11 Å². The zero-order valence-corrected chi connectivity index (χ0v) is 14.5. The molecule has 0 fully saturated rings. The Bertz CT molecular complexity index is 1060. The van der Waals surface area contributed by atoms with Crippen LogP contribution in [0.4, 0.5) is 4.39 Å². The van der Waals surface area contributed by atoms with Gasteiger partial charge in [-0.2, -0.15) is 0 Å². The highest BCUT2D eigenvalue weighted by Crippen LogP contribution is 2.18. The molecule has 3 rings (SSSR count). The summed E-state index contributed by atoms with van der Waals surface area (Å²) in [7, 11) is 1.14. The summed E-state index contributed by atoms with van der Waals surface area (Å²) < 4.78 is 18.9. The number of hydrogen-bond acceptors (Lipinski definition) is 4. The Balaban J connectivity index is 2.32. The Hall–Kier alpha value is -2.80. The van der Waals surface area contributed by atoms with E-state index in [0.717, 1.165) is 23.7 Å². The number of esters is 1. The van der Waals surface area contributed by atoms with Gasteiger partial charge in [-0.15, -0.1) is 0 Å². The SMILES string of the molecule is COC(=O)c1[nH]c2ccc(F)cc2c(=O)c1C(=O)c1ccc(Br)cc1. The number of aromatic nitrogens is 1. The Morgan fingerprint density at radius 2 is 1.80 bits per heavy atom. The van der Waals surface area contributed by atoms with Crippen LogP contribution in [0, 0.1) is 5.82 Å². The number of nitrogens with one attached hydrogen (secondary N) is 1. The molecule has 7 heteroatoms. The molecule has 0 radical (unpaired) electrons. The predicted molar refractivity (Wildman–Crippen MR) is 93.4 cm³/mol. The molecule has 0 unspecified atom stereocenters. The van der Waals surface area contributed by atoms with E-state index < -0.39 is 23.0 Å². The van der Waals surface area contributed by atoms with Crippen LogP contribution in [0.5, 0.6) is 0 Å². The highest BCUT2D eigenvalue weighted by Gasteiger charge is 2.25. The molecule has 0 aliphatic rings. The van der Waals surface area contributed by atoms with Crippen molar-refractivity contribution in [2.24, 2.45) is 0 Å². The second-order valence-electron chi connectivity index (χ2n) is 5.22. The highest BCUT2D eigenvalue weighted by molar-refractivity contribution is 9.10. The third kappa shape index (κ3) is 3.10. The van der Waals surface area contributed by atoms with Crippen LogP contribution < -0.4 is 5.43 Å². The fourth-order valence-corrected chi connectivity index (χ4v) is 2.74. The lowest BCUT2D eigenvalue weighted by Gasteiger charge is -2.09. The third-order valence-corrected chi connectivity index (χ3v) is 4.21. The van der Waals surface area contributed by atoms with Gasteiger partial charge in [0.1, 0.15) is 17.1 Å². The molecule has 0 spiro atoms. The lowest BCUT2D eigenvalue weighted by molar-refractivity contribution is 0.0591. The number of rotatable bonds is 3. The number of carbonyl (C=O) groups excluding carboxylic acids is 2. The molecule has 1 aromatic heterocycles. The molecule has 0 aliphatic heterocycles. The summed E-state index contributed by atoms with van der Waals surface area (Å²) in [4.78, 5) is 40.4. The predicted octanol–water partition coefficient (Wildman–Crippen LogP) is 3.45. The fourth-order valence-electron chi connectivity index (χ4n) is 2.48. The van der Waals surface area contributed by atoms with E-state index in [0.29, 0.717) is 0 Å². The molecule has 0 aliphatic carbocycles. The lowest BCUT2D eigenvalue weighted by Crippen LogP contribution is -2.24. The summed E-state index contributed by atoms with van der Waals surface area (Å²) in [6.07, 6.45) is 0. The minimum absolute atomic E-state index is 0.0203. The maximum absolute atomic E-state index is 13.5. The molecular formula is C18H11BrFNO4. The van der Waals surface area contributed by atoms with Gasteiger partial charge in [-0.05, 0) is 42.5 Å². The number of benzene rings is 2. The smallest absolute Gasteiger partial charge is 0.355 e. The molecule has 1 heterocycles. The van der Waals surface area contributed by atoms with E-state index in [1.54, 1.807) is 12.1 Å². The summed E-state index contributed by atoms with van der Waals surface area (Å²) in [5.41, 5.74) is -0.929. The number of methoxy groups -OCH3 is 1. The first-order valence-electron chi connectivity index (χ1n) is 7.16. The van der Waals surface area contributed by atoms with Crippen LogP contribution in [0.1, 0.15) is 26.4 Å². The summed E-state index contributed by atoms with van der Waals surface area (Å²) in [6.45, 7) is 0. The van der Waals surface area contributed by atoms with Gasteiger partial charge in [0.2, 0.25) is 5.43 Å². The lowest BCUT2D eigenvalue weighted by atomic mass is 9.99. The molecule has 1 N–H and O–H groups in total. The van der Waals surface area contributed by atoms with E-state index in [1.807, 2.05) is 0 Å². The molecule has 0 bridgehead atoms. The van der Waals surface area contributed by atoms with Crippen LogP contribution >= 0.6 is 15.9 Å². The van der Waals surface area contributed by atoms with Crippen molar-refractivity contribution in [3.63, 3.8) is 0 Å². The third-order valence-electron chi connectivity index (χ3n) is 3.69. The van der Waals surface area contributed by atoms with Gasteiger partial charge in [0.25, 0.3) is 0 Å². The largest absolute Gasteiger partial charge is 0.464 e. The van der Waals surface area contributed by atoms with E-state index in [1.165, 1.54) is 18.2 Å². The van der Waals surface area contributed by atoms with Gasteiger partial charge in [0.05, 0.1) is 12.6 Å². The number of fused-ring (bicyclic) bond motifs is 1. The van der Waals surface area contributed by atoms with Crippen LogP contribution in [-0.2, 0) is 4.74 Å². The summed E-state index contributed by atoms with van der Waals surface area (Å²) in [5, 5.41) is -0.0203. The Labute approximate surface area is 149 Å². The first kappa shape index (κ1) is 17.0.